The predicted octanol–water partition coefficient (Wildman–Crippen LogP) is 4.41. The molecule has 2 aromatic rings. The Morgan fingerprint density at radius 2 is 2.06 bits per heavy atom. The molecule has 2 nitrogen and oxygen atoms in total. The van der Waals surface area contributed by atoms with Gasteiger partial charge in [0, 0.05) is 33.4 Å². The topological polar surface area (TPSA) is 22.0 Å². The third-order valence-corrected chi connectivity index (χ3v) is 4.15. The van der Waals surface area contributed by atoms with Gasteiger partial charge < -0.3 is 4.57 Å². The van der Waals surface area contributed by atoms with Crippen LogP contribution in [-0.2, 0) is 6.42 Å². The number of halogens is 2. The Morgan fingerprint density at radius 1 is 1.22 bits per heavy atom. The van der Waals surface area contributed by atoms with Gasteiger partial charge in [-0.25, -0.2) is 0 Å². The molecule has 0 atom stereocenters. The highest BCUT2D eigenvalue weighted by Gasteiger charge is 2.21. The summed E-state index contributed by atoms with van der Waals surface area (Å²) in [5, 5.41) is 0.697. The second-order valence-corrected chi connectivity index (χ2v) is 5.71. The minimum absolute atomic E-state index is 0.250. The van der Waals surface area contributed by atoms with E-state index in [0.29, 0.717) is 11.4 Å². The Bertz CT molecular complexity index is 633. The van der Waals surface area contributed by atoms with Crippen LogP contribution in [0.25, 0.3) is 5.69 Å². The molecular formula is C14H11BrClNO. The fourth-order valence-corrected chi connectivity index (χ4v) is 3.30. The number of aromatic nitrogens is 1. The quantitative estimate of drug-likeness (QED) is 0.761. The molecule has 0 saturated heterocycles. The number of rotatable bonds is 1. The number of hydrogen-bond donors (Lipinski definition) is 0. The molecule has 0 amide bonds. The Kier molecular flexibility index (Phi) is 3.04. The summed E-state index contributed by atoms with van der Waals surface area (Å²) in [6.45, 7) is 0. The van der Waals surface area contributed by atoms with E-state index in [0.717, 1.165) is 34.3 Å². The molecule has 0 radical (unpaired) electrons. The van der Waals surface area contributed by atoms with Crippen LogP contribution >= 0.6 is 27.5 Å². The Labute approximate surface area is 119 Å². The normalized spacial score (nSPS) is 14.7. The van der Waals surface area contributed by atoms with Crippen molar-refractivity contribution in [3.8, 4) is 5.69 Å². The van der Waals surface area contributed by atoms with E-state index < -0.39 is 0 Å². The van der Waals surface area contributed by atoms with E-state index >= 15 is 0 Å². The van der Waals surface area contributed by atoms with Crippen LogP contribution in [0.1, 0.15) is 28.9 Å². The predicted molar refractivity (Wildman–Crippen MR) is 75.7 cm³/mol. The van der Waals surface area contributed by atoms with Gasteiger partial charge in [-0.3, -0.25) is 4.79 Å². The molecule has 0 bridgehead atoms. The zero-order chi connectivity index (χ0) is 12.7. The fourth-order valence-electron chi connectivity index (χ4n) is 2.43. The number of nitrogens with zero attached hydrogens (tertiary/aromatic N) is 1. The van der Waals surface area contributed by atoms with Gasteiger partial charge in [-0.05, 0) is 53.0 Å². The van der Waals surface area contributed by atoms with Crippen molar-refractivity contribution in [2.75, 3.05) is 0 Å². The van der Waals surface area contributed by atoms with Crippen LogP contribution < -0.4 is 0 Å². The highest BCUT2D eigenvalue weighted by atomic mass is 79.9. The molecule has 0 aliphatic heterocycles. The number of Topliss-reactive ketones (excluding diaryl/α,β-unsaturated/α-hetero) is 1. The first-order valence-electron chi connectivity index (χ1n) is 5.85. The molecule has 1 aliphatic carbocycles. The maximum Gasteiger partial charge on any atom is 0.164 e. The summed E-state index contributed by atoms with van der Waals surface area (Å²) in [5.74, 6) is 0.250. The van der Waals surface area contributed by atoms with E-state index in [-0.39, 0.29) is 5.78 Å². The van der Waals surface area contributed by atoms with Gasteiger partial charge in [-0.15, -0.1) is 0 Å². The van der Waals surface area contributed by atoms with Crippen molar-refractivity contribution in [3.05, 3.63) is 51.2 Å². The minimum atomic E-state index is 0.250. The zero-order valence-electron chi connectivity index (χ0n) is 9.62. The summed E-state index contributed by atoms with van der Waals surface area (Å²) >= 11 is 9.47. The van der Waals surface area contributed by atoms with Crippen LogP contribution in [0.15, 0.2) is 34.9 Å². The second kappa shape index (κ2) is 4.56. The van der Waals surface area contributed by atoms with Gasteiger partial charge in [0.1, 0.15) is 0 Å². The summed E-state index contributed by atoms with van der Waals surface area (Å²) < 4.78 is 3.01. The molecule has 0 spiro atoms. The van der Waals surface area contributed by atoms with E-state index in [9.17, 15) is 4.79 Å². The summed E-state index contributed by atoms with van der Waals surface area (Å²) in [6, 6.07) is 7.61. The van der Waals surface area contributed by atoms with E-state index in [1.165, 1.54) is 0 Å². The Balaban J connectivity index is 2.15. The number of carbonyl (C=O) groups is 1. The van der Waals surface area contributed by atoms with Gasteiger partial charge in [0.2, 0.25) is 0 Å². The van der Waals surface area contributed by atoms with Crippen LogP contribution in [0.4, 0.5) is 0 Å². The fraction of sp³-hybridized carbons (Fsp3) is 0.214. The molecular weight excluding hydrogens is 314 g/mol. The van der Waals surface area contributed by atoms with Gasteiger partial charge >= 0.3 is 0 Å². The van der Waals surface area contributed by atoms with Crippen molar-refractivity contribution in [2.24, 2.45) is 0 Å². The lowest BCUT2D eigenvalue weighted by Crippen LogP contribution is -2.12. The third kappa shape index (κ3) is 1.91. The lowest BCUT2D eigenvalue weighted by atomic mass is 9.97. The van der Waals surface area contributed by atoms with Crippen molar-refractivity contribution in [1.29, 1.82) is 0 Å². The molecule has 0 N–H and O–H groups in total. The third-order valence-electron chi connectivity index (χ3n) is 3.28. The van der Waals surface area contributed by atoms with E-state index in [2.05, 4.69) is 20.5 Å². The Morgan fingerprint density at radius 3 is 2.83 bits per heavy atom. The smallest absolute Gasteiger partial charge is 0.164 e. The number of carbonyl (C=O) groups excluding carboxylic acids is 1. The summed E-state index contributed by atoms with van der Waals surface area (Å²) in [7, 11) is 0. The van der Waals surface area contributed by atoms with Crippen LogP contribution in [0.3, 0.4) is 0 Å². The molecule has 92 valence electrons. The average Bonchev–Trinajstić information content (AvgIpc) is 2.74. The molecule has 1 aromatic heterocycles. The van der Waals surface area contributed by atoms with Crippen molar-refractivity contribution in [3.63, 3.8) is 0 Å². The van der Waals surface area contributed by atoms with E-state index in [4.69, 9.17) is 11.6 Å². The molecule has 18 heavy (non-hydrogen) atoms. The molecule has 0 fully saturated rings. The molecule has 0 unspecified atom stereocenters. The maximum atomic E-state index is 11.8. The van der Waals surface area contributed by atoms with Gasteiger partial charge in [0.25, 0.3) is 0 Å². The maximum absolute atomic E-state index is 11.8. The van der Waals surface area contributed by atoms with Gasteiger partial charge in [0.05, 0.1) is 5.69 Å². The second-order valence-electron chi connectivity index (χ2n) is 4.42. The van der Waals surface area contributed by atoms with Crippen LogP contribution in [0.5, 0.6) is 0 Å². The standard InChI is InChI=1S/C14H11BrClNO/c15-11-8-9(16)4-5-13(11)17-7-6-10-12(17)2-1-3-14(10)18/h4-8H,1-3H2. The van der Waals surface area contributed by atoms with Crippen LogP contribution in [-0.4, -0.2) is 10.4 Å². The lowest BCUT2D eigenvalue weighted by Gasteiger charge is -2.16. The average molecular weight is 325 g/mol. The first kappa shape index (κ1) is 12.0. The molecule has 1 heterocycles. The molecule has 0 saturated carbocycles. The van der Waals surface area contributed by atoms with Crippen molar-refractivity contribution in [1.82, 2.24) is 4.57 Å². The lowest BCUT2D eigenvalue weighted by molar-refractivity contribution is 0.0972. The monoisotopic (exact) mass is 323 g/mol. The number of hydrogen-bond acceptors (Lipinski definition) is 1. The van der Waals surface area contributed by atoms with E-state index in [1.807, 2.05) is 30.5 Å². The highest BCUT2D eigenvalue weighted by molar-refractivity contribution is 9.10. The van der Waals surface area contributed by atoms with Crippen LogP contribution in [0.2, 0.25) is 5.02 Å². The summed E-state index contributed by atoms with van der Waals surface area (Å²) in [5.41, 5.74) is 2.99. The first-order valence-corrected chi connectivity index (χ1v) is 7.03. The first-order chi connectivity index (χ1) is 8.66. The summed E-state index contributed by atoms with van der Waals surface area (Å²) in [4.78, 5) is 11.8. The molecule has 3 rings (SSSR count). The SMILES string of the molecule is O=C1CCCc2c1ccn2-c1ccc(Cl)cc1Br. The molecule has 1 aliphatic rings. The zero-order valence-corrected chi connectivity index (χ0v) is 12.0. The molecule has 4 heteroatoms. The summed E-state index contributed by atoms with van der Waals surface area (Å²) in [6.07, 6.45) is 4.50. The Hall–Kier alpha value is -1.06. The number of ketones is 1. The van der Waals surface area contributed by atoms with Gasteiger partial charge in [-0.2, -0.15) is 0 Å². The highest BCUT2D eigenvalue weighted by Crippen LogP contribution is 2.30. The minimum Gasteiger partial charge on any atom is -0.319 e. The number of fused-ring (bicyclic) bond motifs is 1. The van der Waals surface area contributed by atoms with Gasteiger partial charge in [-0.1, -0.05) is 11.6 Å². The van der Waals surface area contributed by atoms with Crippen molar-refractivity contribution < 1.29 is 4.79 Å². The van der Waals surface area contributed by atoms with Crippen LogP contribution in [0, 0.1) is 0 Å². The van der Waals surface area contributed by atoms with E-state index in [1.54, 1.807) is 0 Å². The largest absolute Gasteiger partial charge is 0.319 e. The van der Waals surface area contributed by atoms with Crippen molar-refractivity contribution >= 4 is 33.3 Å². The van der Waals surface area contributed by atoms with Crippen molar-refractivity contribution in [2.45, 2.75) is 19.3 Å². The number of benzene rings is 1. The molecule has 1 aromatic carbocycles. The van der Waals surface area contributed by atoms with Gasteiger partial charge in [0.15, 0.2) is 5.78 Å².